The molecule has 2 aliphatic rings. The molecule has 6 nitrogen and oxygen atoms in total. The van der Waals surface area contributed by atoms with Crippen molar-refractivity contribution in [1.29, 1.82) is 0 Å². The second-order valence-corrected chi connectivity index (χ2v) is 10.3. The van der Waals surface area contributed by atoms with Crippen LogP contribution in [0.1, 0.15) is 74.2 Å². The fourth-order valence-corrected chi connectivity index (χ4v) is 5.36. The number of carbonyl (C=O) groups is 2. The van der Waals surface area contributed by atoms with E-state index in [1.165, 1.54) is 16.7 Å². The standard InChI is InChI=1S/C31H35N3O3/c1-4-28-30(35)34(27-11-7-9-22-8-5-6-10-26(22)27)19-23-18-25(16-17-29(23)37-28)33-31(36)32-24-14-12-21(13-15-24)20(2)3/h5-6,8,10,12-18,20,27-28H,4,7,9,11,19H2,1-3H3,(H2,32,33,36). The molecule has 1 heterocycles. The maximum atomic E-state index is 13.6. The Kier molecular flexibility index (Phi) is 7.17. The number of anilines is 2. The molecule has 6 heteroatoms. The highest BCUT2D eigenvalue weighted by molar-refractivity contribution is 5.99. The lowest BCUT2D eigenvalue weighted by Crippen LogP contribution is -2.42. The number of benzene rings is 3. The van der Waals surface area contributed by atoms with Crippen molar-refractivity contribution in [1.82, 2.24) is 4.90 Å². The molecule has 0 saturated heterocycles. The van der Waals surface area contributed by atoms with Gasteiger partial charge >= 0.3 is 6.03 Å². The van der Waals surface area contributed by atoms with Gasteiger partial charge in [0.15, 0.2) is 6.10 Å². The Labute approximate surface area is 219 Å². The molecule has 3 aromatic rings. The van der Waals surface area contributed by atoms with E-state index >= 15 is 0 Å². The summed E-state index contributed by atoms with van der Waals surface area (Å²) in [4.78, 5) is 28.3. The summed E-state index contributed by atoms with van der Waals surface area (Å²) in [5, 5.41) is 5.83. The summed E-state index contributed by atoms with van der Waals surface area (Å²) in [6.45, 7) is 6.70. The third kappa shape index (κ3) is 5.33. The van der Waals surface area contributed by atoms with Crippen molar-refractivity contribution < 1.29 is 14.3 Å². The van der Waals surface area contributed by atoms with E-state index in [0.717, 1.165) is 30.5 Å². The van der Waals surface area contributed by atoms with Crippen LogP contribution in [0.25, 0.3) is 0 Å². The molecule has 0 fully saturated rings. The lowest BCUT2D eigenvalue weighted by molar-refractivity contribution is -0.141. The van der Waals surface area contributed by atoms with Gasteiger partial charge in [0.2, 0.25) is 0 Å². The first kappa shape index (κ1) is 24.9. The molecule has 192 valence electrons. The van der Waals surface area contributed by atoms with Crippen molar-refractivity contribution in [3.63, 3.8) is 0 Å². The first-order chi connectivity index (χ1) is 17.9. The van der Waals surface area contributed by atoms with Gasteiger partial charge in [-0.15, -0.1) is 0 Å². The van der Waals surface area contributed by atoms with Crippen LogP contribution in [0.15, 0.2) is 66.7 Å². The summed E-state index contributed by atoms with van der Waals surface area (Å²) in [5.41, 5.74) is 6.06. The lowest BCUT2D eigenvalue weighted by atomic mass is 9.86. The highest BCUT2D eigenvalue weighted by Crippen LogP contribution is 2.39. The summed E-state index contributed by atoms with van der Waals surface area (Å²) >= 11 is 0. The van der Waals surface area contributed by atoms with Gasteiger partial charge in [-0.3, -0.25) is 4.79 Å². The van der Waals surface area contributed by atoms with Gasteiger partial charge in [-0.05, 0) is 78.6 Å². The Hall–Kier alpha value is -3.80. The predicted molar refractivity (Wildman–Crippen MR) is 147 cm³/mol. The number of ether oxygens (including phenoxy) is 1. The van der Waals surface area contributed by atoms with E-state index in [1.54, 1.807) is 0 Å². The van der Waals surface area contributed by atoms with E-state index in [2.05, 4.69) is 48.7 Å². The predicted octanol–water partition coefficient (Wildman–Crippen LogP) is 7.03. The van der Waals surface area contributed by atoms with Crippen LogP contribution in [0.5, 0.6) is 5.75 Å². The summed E-state index contributed by atoms with van der Waals surface area (Å²) < 4.78 is 6.19. The number of aryl methyl sites for hydroxylation is 1. The summed E-state index contributed by atoms with van der Waals surface area (Å²) in [5.74, 6) is 1.16. The minimum Gasteiger partial charge on any atom is -0.480 e. The summed E-state index contributed by atoms with van der Waals surface area (Å²) in [7, 11) is 0. The van der Waals surface area contributed by atoms with Crippen molar-refractivity contribution in [2.75, 3.05) is 10.6 Å². The van der Waals surface area contributed by atoms with E-state index in [9.17, 15) is 9.59 Å². The topological polar surface area (TPSA) is 70.7 Å². The van der Waals surface area contributed by atoms with E-state index in [-0.39, 0.29) is 18.0 Å². The maximum absolute atomic E-state index is 13.6. The minimum absolute atomic E-state index is 0.0229. The van der Waals surface area contributed by atoms with Gasteiger partial charge in [0.25, 0.3) is 5.91 Å². The van der Waals surface area contributed by atoms with Crippen molar-refractivity contribution in [3.8, 4) is 5.75 Å². The van der Waals surface area contributed by atoms with Gasteiger partial charge < -0.3 is 20.3 Å². The summed E-state index contributed by atoms with van der Waals surface area (Å²) in [6, 6.07) is 21.6. The van der Waals surface area contributed by atoms with Crippen LogP contribution in [-0.4, -0.2) is 22.9 Å². The zero-order valence-corrected chi connectivity index (χ0v) is 21.8. The molecular formula is C31H35N3O3. The molecule has 0 spiro atoms. The third-order valence-corrected chi connectivity index (χ3v) is 7.41. The average Bonchev–Trinajstić information content (AvgIpc) is 3.04. The number of nitrogens with one attached hydrogen (secondary N) is 2. The number of hydrogen-bond donors (Lipinski definition) is 2. The quantitative estimate of drug-likeness (QED) is 0.397. The number of hydrogen-bond acceptors (Lipinski definition) is 3. The molecule has 5 rings (SSSR count). The fraction of sp³-hybridized carbons (Fsp3) is 0.355. The van der Waals surface area contributed by atoms with E-state index in [4.69, 9.17) is 4.74 Å². The van der Waals surface area contributed by atoms with Gasteiger partial charge in [-0.1, -0.05) is 57.2 Å². The van der Waals surface area contributed by atoms with Crippen molar-refractivity contribution in [2.24, 2.45) is 0 Å². The van der Waals surface area contributed by atoms with Crippen LogP contribution < -0.4 is 15.4 Å². The molecule has 0 saturated carbocycles. The van der Waals surface area contributed by atoms with Crippen molar-refractivity contribution in [2.45, 2.75) is 71.1 Å². The van der Waals surface area contributed by atoms with Gasteiger partial charge in [-0.25, -0.2) is 4.79 Å². The Balaban J connectivity index is 1.37. The maximum Gasteiger partial charge on any atom is 0.323 e. The molecule has 2 N–H and O–H groups in total. The molecule has 2 unspecified atom stereocenters. The number of urea groups is 1. The molecule has 0 radical (unpaired) electrons. The Morgan fingerprint density at radius 2 is 1.73 bits per heavy atom. The van der Waals surface area contributed by atoms with Gasteiger partial charge in [-0.2, -0.15) is 0 Å². The lowest BCUT2D eigenvalue weighted by Gasteiger charge is -2.36. The molecular weight excluding hydrogens is 462 g/mol. The largest absolute Gasteiger partial charge is 0.480 e. The first-order valence-electron chi connectivity index (χ1n) is 13.3. The molecule has 1 aliphatic heterocycles. The Bertz CT molecular complexity index is 1290. The zero-order chi connectivity index (χ0) is 25.9. The molecule has 1 aliphatic carbocycles. The van der Waals surface area contributed by atoms with Gasteiger partial charge in [0.1, 0.15) is 5.75 Å². The van der Waals surface area contributed by atoms with E-state index < -0.39 is 6.10 Å². The van der Waals surface area contributed by atoms with Gasteiger partial charge in [0, 0.05) is 16.9 Å². The van der Waals surface area contributed by atoms with E-state index in [0.29, 0.717) is 30.3 Å². The SMILES string of the molecule is CCC1Oc2ccc(NC(=O)Nc3ccc(C(C)C)cc3)cc2CN(C2CCCc3ccccc32)C1=O. The van der Waals surface area contributed by atoms with E-state index in [1.807, 2.05) is 54.3 Å². The van der Waals surface area contributed by atoms with Crippen LogP contribution in [0.4, 0.5) is 16.2 Å². The second-order valence-electron chi connectivity index (χ2n) is 10.3. The number of carbonyl (C=O) groups excluding carboxylic acids is 2. The second kappa shape index (κ2) is 10.7. The minimum atomic E-state index is -0.522. The van der Waals surface area contributed by atoms with Crippen molar-refractivity contribution in [3.05, 3.63) is 89.0 Å². The molecule has 3 amide bonds. The smallest absolute Gasteiger partial charge is 0.323 e. The highest BCUT2D eigenvalue weighted by Gasteiger charge is 2.36. The molecule has 0 aromatic heterocycles. The zero-order valence-electron chi connectivity index (χ0n) is 21.8. The van der Waals surface area contributed by atoms with Crippen LogP contribution in [0, 0.1) is 0 Å². The van der Waals surface area contributed by atoms with Crippen LogP contribution >= 0.6 is 0 Å². The Morgan fingerprint density at radius 1 is 1.00 bits per heavy atom. The normalized spacial score (nSPS) is 18.9. The third-order valence-electron chi connectivity index (χ3n) is 7.41. The fourth-order valence-electron chi connectivity index (χ4n) is 5.36. The van der Waals surface area contributed by atoms with Crippen LogP contribution in [0.2, 0.25) is 0 Å². The molecule has 3 aromatic carbocycles. The number of nitrogens with zero attached hydrogens (tertiary/aromatic N) is 1. The highest BCUT2D eigenvalue weighted by atomic mass is 16.5. The molecule has 2 atom stereocenters. The summed E-state index contributed by atoms with van der Waals surface area (Å²) in [6.07, 6.45) is 3.11. The molecule has 37 heavy (non-hydrogen) atoms. The van der Waals surface area contributed by atoms with Crippen LogP contribution in [0.3, 0.4) is 0 Å². The number of rotatable bonds is 5. The van der Waals surface area contributed by atoms with Crippen LogP contribution in [-0.2, 0) is 17.8 Å². The first-order valence-corrected chi connectivity index (χ1v) is 13.3. The average molecular weight is 498 g/mol. The number of fused-ring (bicyclic) bond motifs is 2. The van der Waals surface area contributed by atoms with Gasteiger partial charge in [0.05, 0.1) is 12.6 Å². The molecule has 0 bridgehead atoms. The van der Waals surface area contributed by atoms with Crippen molar-refractivity contribution >= 4 is 23.3 Å². The number of amides is 3. The Morgan fingerprint density at radius 3 is 2.49 bits per heavy atom. The monoisotopic (exact) mass is 497 g/mol.